The standard InChI is InChI=1S/C15H21N3O4S/c1-12(19)13-5-3-4-6-14(13)16-11-15(20)17-7-9-18(10-8-17)23(2,21)22/h3-6,16H,7-11H2,1-2H3. The number of piperazine rings is 1. The maximum absolute atomic E-state index is 12.2. The number of anilines is 1. The van der Waals surface area contributed by atoms with Gasteiger partial charge < -0.3 is 10.2 Å². The van der Waals surface area contributed by atoms with E-state index >= 15 is 0 Å². The van der Waals surface area contributed by atoms with Gasteiger partial charge in [0.2, 0.25) is 15.9 Å². The molecule has 1 saturated heterocycles. The Hall–Kier alpha value is -1.93. The molecule has 0 unspecified atom stereocenters. The second-order valence-electron chi connectivity index (χ2n) is 5.50. The van der Waals surface area contributed by atoms with Gasteiger partial charge in [-0.1, -0.05) is 12.1 Å². The highest BCUT2D eigenvalue weighted by atomic mass is 32.2. The maximum atomic E-state index is 12.2. The van der Waals surface area contributed by atoms with Gasteiger partial charge in [-0.25, -0.2) is 8.42 Å². The molecule has 0 atom stereocenters. The van der Waals surface area contributed by atoms with Crippen LogP contribution >= 0.6 is 0 Å². The quantitative estimate of drug-likeness (QED) is 0.785. The number of benzene rings is 1. The van der Waals surface area contributed by atoms with Gasteiger partial charge in [0.05, 0.1) is 12.8 Å². The zero-order chi connectivity index (χ0) is 17.0. The van der Waals surface area contributed by atoms with Crippen molar-refractivity contribution in [2.45, 2.75) is 6.92 Å². The second-order valence-corrected chi connectivity index (χ2v) is 7.48. The Balaban J connectivity index is 1.91. The molecule has 0 aromatic heterocycles. The number of nitrogens with one attached hydrogen (secondary N) is 1. The number of rotatable bonds is 5. The van der Waals surface area contributed by atoms with Crippen molar-refractivity contribution in [1.29, 1.82) is 0 Å². The predicted octanol–water partition coefficient (Wildman–Crippen LogP) is 0.405. The summed E-state index contributed by atoms with van der Waals surface area (Å²) >= 11 is 0. The van der Waals surface area contributed by atoms with Crippen LogP contribution in [0.3, 0.4) is 0 Å². The van der Waals surface area contributed by atoms with Gasteiger partial charge in [-0.15, -0.1) is 0 Å². The van der Waals surface area contributed by atoms with Crippen LogP contribution in [0.5, 0.6) is 0 Å². The van der Waals surface area contributed by atoms with E-state index in [0.717, 1.165) is 0 Å². The third-order valence-corrected chi connectivity index (χ3v) is 5.10. The van der Waals surface area contributed by atoms with E-state index in [1.807, 2.05) is 0 Å². The molecule has 1 heterocycles. The van der Waals surface area contributed by atoms with Crippen molar-refractivity contribution in [1.82, 2.24) is 9.21 Å². The topological polar surface area (TPSA) is 86.8 Å². The molecule has 126 valence electrons. The van der Waals surface area contributed by atoms with Gasteiger partial charge >= 0.3 is 0 Å². The summed E-state index contributed by atoms with van der Waals surface area (Å²) in [7, 11) is -3.20. The number of carbonyl (C=O) groups excluding carboxylic acids is 2. The first kappa shape index (κ1) is 17.4. The van der Waals surface area contributed by atoms with E-state index in [4.69, 9.17) is 0 Å². The molecule has 0 bridgehead atoms. The van der Waals surface area contributed by atoms with Crippen LogP contribution < -0.4 is 5.32 Å². The van der Waals surface area contributed by atoms with E-state index in [2.05, 4.69) is 5.32 Å². The van der Waals surface area contributed by atoms with E-state index in [9.17, 15) is 18.0 Å². The van der Waals surface area contributed by atoms with Crippen LogP contribution in [0.15, 0.2) is 24.3 Å². The lowest BCUT2D eigenvalue weighted by molar-refractivity contribution is -0.130. The van der Waals surface area contributed by atoms with Crippen molar-refractivity contribution in [3.63, 3.8) is 0 Å². The second kappa shape index (κ2) is 7.10. The van der Waals surface area contributed by atoms with Crippen LogP contribution in [0.25, 0.3) is 0 Å². The smallest absolute Gasteiger partial charge is 0.241 e. The van der Waals surface area contributed by atoms with E-state index in [-0.39, 0.29) is 18.2 Å². The third kappa shape index (κ3) is 4.52. The van der Waals surface area contributed by atoms with Gasteiger partial charge in [-0.05, 0) is 19.1 Å². The molecular formula is C15H21N3O4S. The minimum Gasteiger partial charge on any atom is -0.376 e. The summed E-state index contributed by atoms with van der Waals surface area (Å²) in [4.78, 5) is 25.4. The highest BCUT2D eigenvalue weighted by Crippen LogP contribution is 2.15. The summed E-state index contributed by atoms with van der Waals surface area (Å²) in [5, 5.41) is 2.99. The summed E-state index contributed by atoms with van der Waals surface area (Å²) in [5.74, 6) is -0.182. The van der Waals surface area contributed by atoms with Crippen LogP contribution in [0.1, 0.15) is 17.3 Å². The number of Topliss-reactive ketones (excluding diaryl/α,β-unsaturated/α-hetero) is 1. The summed E-state index contributed by atoms with van der Waals surface area (Å²) in [6, 6.07) is 7.03. The Kier molecular flexibility index (Phi) is 5.38. The van der Waals surface area contributed by atoms with Gasteiger partial charge in [0.25, 0.3) is 0 Å². The van der Waals surface area contributed by atoms with E-state index < -0.39 is 10.0 Å². The summed E-state index contributed by atoms with van der Waals surface area (Å²) in [6.45, 7) is 2.93. The minimum absolute atomic E-state index is 0.0673. The molecule has 1 fully saturated rings. The zero-order valence-electron chi connectivity index (χ0n) is 13.3. The number of nitrogens with zero attached hydrogens (tertiary/aromatic N) is 2. The monoisotopic (exact) mass is 339 g/mol. The lowest BCUT2D eigenvalue weighted by Crippen LogP contribution is -2.51. The normalized spacial score (nSPS) is 16.2. The van der Waals surface area contributed by atoms with Gasteiger partial charge in [0.15, 0.2) is 5.78 Å². The van der Waals surface area contributed by atoms with Crippen molar-refractivity contribution in [2.75, 3.05) is 44.3 Å². The van der Waals surface area contributed by atoms with Crippen molar-refractivity contribution in [3.05, 3.63) is 29.8 Å². The van der Waals surface area contributed by atoms with Crippen LogP contribution in [0.2, 0.25) is 0 Å². The van der Waals surface area contributed by atoms with E-state index in [1.165, 1.54) is 17.5 Å². The minimum atomic E-state index is -3.20. The fourth-order valence-electron chi connectivity index (χ4n) is 2.50. The zero-order valence-corrected chi connectivity index (χ0v) is 14.1. The Labute approximate surface area is 136 Å². The van der Waals surface area contributed by atoms with Crippen molar-refractivity contribution < 1.29 is 18.0 Å². The number of hydrogen-bond donors (Lipinski definition) is 1. The predicted molar refractivity (Wildman–Crippen MR) is 87.9 cm³/mol. The molecule has 0 radical (unpaired) electrons. The molecule has 0 saturated carbocycles. The van der Waals surface area contributed by atoms with Crippen LogP contribution in [-0.4, -0.2) is 68.3 Å². The maximum Gasteiger partial charge on any atom is 0.241 e. The van der Waals surface area contributed by atoms with E-state index in [1.54, 1.807) is 29.2 Å². The first-order chi connectivity index (χ1) is 10.8. The summed E-state index contributed by atoms with van der Waals surface area (Å²) in [6.07, 6.45) is 1.17. The first-order valence-corrected chi connectivity index (χ1v) is 9.20. The number of amides is 1. The molecule has 1 aliphatic rings. The average Bonchev–Trinajstić information content (AvgIpc) is 2.52. The number of ketones is 1. The number of para-hydroxylation sites is 1. The van der Waals surface area contributed by atoms with Crippen molar-refractivity contribution in [3.8, 4) is 0 Å². The summed E-state index contributed by atoms with van der Waals surface area (Å²) < 4.78 is 24.3. The number of hydrogen-bond acceptors (Lipinski definition) is 5. The molecule has 23 heavy (non-hydrogen) atoms. The molecule has 0 spiro atoms. The van der Waals surface area contributed by atoms with Gasteiger partial charge in [-0.2, -0.15) is 4.31 Å². The van der Waals surface area contributed by atoms with Gasteiger partial charge in [0, 0.05) is 37.4 Å². The van der Waals surface area contributed by atoms with Crippen LogP contribution in [-0.2, 0) is 14.8 Å². The Morgan fingerprint density at radius 3 is 2.30 bits per heavy atom. The lowest BCUT2D eigenvalue weighted by atomic mass is 10.1. The molecule has 1 aliphatic heterocycles. The first-order valence-electron chi connectivity index (χ1n) is 7.36. The molecule has 7 nitrogen and oxygen atoms in total. The Morgan fingerprint density at radius 2 is 1.74 bits per heavy atom. The highest BCUT2D eigenvalue weighted by molar-refractivity contribution is 7.88. The SMILES string of the molecule is CC(=O)c1ccccc1NCC(=O)N1CCN(S(C)(=O)=O)CC1. The Morgan fingerprint density at radius 1 is 1.13 bits per heavy atom. The molecule has 1 aromatic carbocycles. The third-order valence-electron chi connectivity index (χ3n) is 3.80. The fraction of sp³-hybridized carbons (Fsp3) is 0.467. The molecule has 1 aromatic rings. The average molecular weight is 339 g/mol. The molecule has 1 amide bonds. The van der Waals surface area contributed by atoms with Crippen LogP contribution in [0, 0.1) is 0 Å². The highest BCUT2D eigenvalue weighted by Gasteiger charge is 2.25. The molecule has 0 aliphatic carbocycles. The van der Waals surface area contributed by atoms with Crippen molar-refractivity contribution >= 4 is 27.4 Å². The van der Waals surface area contributed by atoms with E-state index in [0.29, 0.717) is 37.4 Å². The van der Waals surface area contributed by atoms with Gasteiger partial charge in [0.1, 0.15) is 0 Å². The molecule has 8 heteroatoms. The lowest BCUT2D eigenvalue weighted by Gasteiger charge is -2.33. The number of sulfonamides is 1. The molecule has 2 rings (SSSR count). The summed E-state index contributed by atoms with van der Waals surface area (Å²) in [5.41, 5.74) is 1.17. The fourth-order valence-corrected chi connectivity index (χ4v) is 3.32. The largest absolute Gasteiger partial charge is 0.376 e. The molecule has 1 N–H and O–H groups in total. The van der Waals surface area contributed by atoms with Crippen LogP contribution in [0.4, 0.5) is 5.69 Å². The molecular weight excluding hydrogens is 318 g/mol. The number of carbonyl (C=O) groups is 2. The van der Waals surface area contributed by atoms with Gasteiger partial charge in [-0.3, -0.25) is 9.59 Å². The Bertz CT molecular complexity index is 694. The van der Waals surface area contributed by atoms with Crippen molar-refractivity contribution in [2.24, 2.45) is 0 Å².